The molecule has 110 valence electrons. The van der Waals surface area contributed by atoms with Gasteiger partial charge in [-0.1, -0.05) is 35.9 Å². The van der Waals surface area contributed by atoms with E-state index in [1.807, 2.05) is 6.07 Å². The molecular weight excluding hydrogens is 260 g/mol. The Hall–Kier alpha value is -1.87. The number of aromatic amines is 1. The average molecular weight is 282 g/mol. The molecule has 2 N–H and O–H groups in total. The summed E-state index contributed by atoms with van der Waals surface area (Å²) in [5, 5.41) is 3.71. The number of benzene rings is 1. The van der Waals surface area contributed by atoms with Crippen LogP contribution < -0.4 is 10.9 Å². The number of hydrogen-bond donors (Lipinski definition) is 2. The zero-order valence-corrected chi connectivity index (χ0v) is 12.6. The molecule has 1 aromatic carbocycles. The number of hydrogen-bond acceptors (Lipinski definition) is 2. The van der Waals surface area contributed by atoms with Gasteiger partial charge in [-0.05, 0) is 44.2 Å². The molecule has 2 aromatic rings. The van der Waals surface area contributed by atoms with Crippen LogP contribution in [0.25, 0.3) is 0 Å². The van der Waals surface area contributed by atoms with Crippen molar-refractivity contribution in [3.05, 3.63) is 69.1 Å². The van der Waals surface area contributed by atoms with Gasteiger partial charge in [0.2, 0.25) is 5.56 Å². The van der Waals surface area contributed by atoms with Crippen LogP contribution in [0.3, 0.4) is 0 Å². The van der Waals surface area contributed by atoms with E-state index in [0.717, 1.165) is 25.0 Å². The number of H-pyrrole nitrogens is 1. The standard InChI is InChI=1S/C18H22N2O/c1-12-6-8-14(9-7-12)13(2)19-16-4-3-5-17-15(16)10-11-18(21)20-17/h6-11,13,16,19H,3-5H2,1-2H3,(H,20,21)/t13-,16?/m1/s1. The molecule has 0 aliphatic heterocycles. The number of aryl methyl sites for hydroxylation is 2. The summed E-state index contributed by atoms with van der Waals surface area (Å²) in [7, 11) is 0. The van der Waals surface area contributed by atoms with Gasteiger partial charge in [0.25, 0.3) is 0 Å². The summed E-state index contributed by atoms with van der Waals surface area (Å²) in [6.07, 6.45) is 3.21. The topological polar surface area (TPSA) is 44.9 Å². The third kappa shape index (κ3) is 3.08. The van der Waals surface area contributed by atoms with Crippen LogP contribution in [0.5, 0.6) is 0 Å². The minimum atomic E-state index is 0.000910. The third-order valence-corrected chi connectivity index (χ3v) is 4.36. The van der Waals surface area contributed by atoms with E-state index in [1.165, 1.54) is 16.7 Å². The smallest absolute Gasteiger partial charge is 0.248 e. The van der Waals surface area contributed by atoms with Gasteiger partial charge >= 0.3 is 0 Å². The molecule has 0 saturated carbocycles. The van der Waals surface area contributed by atoms with E-state index in [2.05, 4.69) is 48.4 Å². The molecule has 3 nitrogen and oxygen atoms in total. The lowest BCUT2D eigenvalue weighted by Gasteiger charge is -2.29. The molecule has 3 heteroatoms. The van der Waals surface area contributed by atoms with Crippen molar-refractivity contribution in [2.45, 2.75) is 45.2 Å². The number of pyridine rings is 1. The van der Waals surface area contributed by atoms with Crippen LogP contribution in [-0.4, -0.2) is 4.98 Å². The van der Waals surface area contributed by atoms with Crippen molar-refractivity contribution in [2.24, 2.45) is 0 Å². The van der Waals surface area contributed by atoms with Crippen molar-refractivity contribution in [3.63, 3.8) is 0 Å². The van der Waals surface area contributed by atoms with Gasteiger partial charge in [-0.2, -0.15) is 0 Å². The van der Waals surface area contributed by atoms with Crippen LogP contribution in [-0.2, 0) is 6.42 Å². The highest BCUT2D eigenvalue weighted by atomic mass is 16.1. The van der Waals surface area contributed by atoms with E-state index in [-0.39, 0.29) is 5.56 Å². The lowest BCUT2D eigenvalue weighted by atomic mass is 9.90. The van der Waals surface area contributed by atoms with Gasteiger partial charge in [0.15, 0.2) is 0 Å². The summed E-state index contributed by atoms with van der Waals surface area (Å²) in [5.41, 5.74) is 4.94. The molecule has 0 spiro atoms. The predicted octanol–water partition coefficient (Wildman–Crippen LogP) is 3.41. The first-order valence-electron chi connectivity index (χ1n) is 7.68. The van der Waals surface area contributed by atoms with Gasteiger partial charge in [0, 0.05) is 23.8 Å². The van der Waals surface area contributed by atoms with Crippen molar-refractivity contribution in [2.75, 3.05) is 0 Å². The van der Waals surface area contributed by atoms with Gasteiger partial charge < -0.3 is 10.3 Å². The Morgan fingerprint density at radius 2 is 1.95 bits per heavy atom. The maximum Gasteiger partial charge on any atom is 0.248 e. The van der Waals surface area contributed by atoms with Crippen molar-refractivity contribution in [1.29, 1.82) is 0 Å². The molecule has 1 aromatic heterocycles. The lowest BCUT2D eigenvalue weighted by Crippen LogP contribution is -2.29. The maximum atomic E-state index is 11.4. The minimum absolute atomic E-state index is 0.000910. The van der Waals surface area contributed by atoms with Crippen molar-refractivity contribution >= 4 is 0 Å². The van der Waals surface area contributed by atoms with Crippen molar-refractivity contribution in [1.82, 2.24) is 10.3 Å². The van der Waals surface area contributed by atoms with E-state index in [0.29, 0.717) is 12.1 Å². The Morgan fingerprint density at radius 1 is 1.19 bits per heavy atom. The average Bonchev–Trinajstić information content (AvgIpc) is 2.47. The van der Waals surface area contributed by atoms with Gasteiger partial charge in [0.05, 0.1) is 0 Å². The molecule has 0 fully saturated rings. The number of aromatic nitrogens is 1. The van der Waals surface area contributed by atoms with Crippen molar-refractivity contribution < 1.29 is 0 Å². The Kier molecular flexibility index (Phi) is 3.93. The summed E-state index contributed by atoms with van der Waals surface area (Å²) < 4.78 is 0. The number of fused-ring (bicyclic) bond motifs is 1. The molecule has 3 rings (SSSR count). The van der Waals surface area contributed by atoms with Gasteiger partial charge in [-0.15, -0.1) is 0 Å². The van der Waals surface area contributed by atoms with Gasteiger partial charge in [0.1, 0.15) is 0 Å². The summed E-state index contributed by atoms with van der Waals surface area (Å²) >= 11 is 0. The van der Waals surface area contributed by atoms with Crippen molar-refractivity contribution in [3.8, 4) is 0 Å². The number of nitrogens with one attached hydrogen (secondary N) is 2. The second-order valence-corrected chi connectivity index (χ2v) is 6.00. The van der Waals surface area contributed by atoms with Crippen LogP contribution in [0.1, 0.15) is 54.2 Å². The largest absolute Gasteiger partial charge is 0.326 e. The number of rotatable bonds is 3. The predicted molar refractivity (Wildman–Crippen MR) is 85.5 cm³/mol. The molecular formula is C18H22N2O. The second kappa shape index (κ2) is 5.86. The molecule has 0 radical (unpaired) electrons. The fraction of sp³-hybridized carbons (Fsp3) is 0.389. The molecule has 2 atom stereocenters. The normalized spacial score (nSPS) is 19.0. The summed E-state index contributed by atoms with van der Waals surface area (Å²) in [4.78, 5) is 14.4. The Morgan fingerprint density at radius 3 is 2.71 bits per heavy atom. The molecule has 21 heavy (non-hydrogen) atoms. The first-order valence-corrected chi connectivity index (χ1v) is 7.68. The highest BCUT2D eigenvalue weighted by Crippen LogP contribution is 2.30. The second-order valence-electron chi connectivity index (χ2n) is 6.00. The van der Waals surface area contributed by atoms with E-state index in [9.17, 15) is 4.79 Å². The summed E-state index contributed by atoms with van der Waals surface area (Å²) in [6.45, 7) is 4.31. The van der Waals surface area contributed by atoms with E-state index in [4.69, 9.17) is 0 Å². The summed E-state index contributed by atoms with van der Waals surface area (Å²) in [6, 6.07) is 12.9. The van der Waals surface area contributed by atoms with E-state index in [1.54, 1.807) is 6.07 Å². The minimum Gasteiger partial charge on any atom is -0.326 e. The zero-order valence-electron chi connectivity index (χ0n) is 12.6. The Labute approximate surface area is 125 Å². The van der Waals surface area contributed by atoms with E-state index >= 15 is 0 Å². The van der Waals surface area contributed by atoms with E-state index < -0.39 is 0 Å². The first kappa shape index (κ1) is 14.1. The molecule has 1 aliphatic rings. The van der Waals surface area contributed by atoms with Crippen LogP contribution in [0.15, 0.2) is 41.2 Å². The SMILES string of the molecule is Cc1ccc([C@@H](C)NC2CCCc3[nH]c(=O)ccc32)cc1. The fourth-order valence-electron chi connectivity index (χ4n) is 3.13. The molecule has 1 heterocycles. The highest BCUT2D eigenvalue weighted by molar-refractivity contribution is 5.28. The molecule has 0 saturated heterocycles. The maximum absolute atomic E-state index is 11.4. The molecule has 0 amide bonds. The molecule has 1 unspecified atom stereocenters. The van der Waals surface area contributed by atoms with Gasteiger partial charge in [-0.3, -0.25) is 4.79 Å². The van der Waals surface area contributed by atoms with Crippen LogP contribution >= 0.6 is 0 Å². The summed E-state index contributed by atoms with van der Waals surface area (Å²) in [5.74, 6) is 0. The first-order chi connectivity index (χ1) is 10.1. The molecule has 0 bridgehead atoms. The Bertz CT molecular complexity index is 672. The quantitative estimate of drug-likeness (QED) is 0.906. The van der Waals surface area contributed by atoms with Crippen LogP contribution in [0, 0.1) is 6.92 Å². The molecule has 1 aliphatic carbocycles. The van der Waals surface area contributed by atoms with Crippen LogP contribution in [0.4, 0.5) is 0 Å². The Balaban J connectivity index is 1.80. The lowest BCUT2D eigenvalue weighted by molar-refractivity contribution is 0.411. The van der Waals surface area contributed by atoms with Gasteiger partial charge in [-0.25, -0.2) is 0 Å². The fourth-order valence-corrected chi connectivity index (χ4v) is 3.13. The highest BCUT2D eigenvalue weighted by Gasteiger charge is 2.22. The third-order valence-electron chi connectivity index (χ3n) is 4.36. The monoisotopic (exact) mass is 282 g/mol. The zero-order chi connectivity index (χ0) is 14.8. The van der Waals surface area contributed by atoms with Crippen LogP contribution in [0.2, 0.25) is 0 Å².